The molecule has 6 heteroatoms. The van der Waals surface area contributed by atoms with E-state index in [0.29, 0.717) is 5.56 Å². The molecule has 0 heterocycles. The molecule has 0 aliphatic rings. The number of rotatable bonds is 1. The zero-order valence-electron chi connectivity index (χ0n) is 6.19. The van der Waals surface area contributed by atoms with E-state index in [1.807, 2.05) is 0 Å². The van der Waals surface area contributed by atoms with Crippen LogP contribution >= 0.6 is 12.2 Å². The van der Waals surface area contributed by atoms with Crippen molar-refractivity contribution in [2.24, 2.45) is 0 Å². The number of hydrogen-bond donors (Lipinski definition) is 3. The Kier molecular flexibility index (Phi) is 3.91. The summed E-state index contributed by atoms with van der Waals surface area (Å²) in [6.07, 6.45) is 0. The molecule has 70 valence electrons. The van der Waals surface area contributed by atoms with Gasteiger partial charge in [-0.2, -0.15) is 0 Å². The predicted octanol–water partition coefficient (Wildman–Crippen LogP) is 0.960. The van der Waals surface area contributed by atoms with Gasteiger partial charge in [0.1, 0.15) is 0 Å². The molecule has 0 unspecified atom stereocenters. The molecule has 0 bridgehead atoms. The van der Waals surface area contributed by atoms with Crippen molar-refractivity contribution in [1.29, 1.82) is 0 Å². The van der Waals surface area contributed by atoms with Gasteiger partial charge >= 0.3 is 115 Å². The summed E-state index contributed by atoms with van der Waals surface area (Å²) < 4.78 is 4.77. The molecule has 1 aromatic rings. The molecule has 0 atom stereocenters. The Morgan fingerprint density at radius 1 is 1.23 bits per heavy atom. The van der Waals surface area contributed by atoms with Gasteiger partial charge in [-0.1, -0.05) is 0 Å². The fourth-order valence-corrected chi connectivity index (χ4v) is 1.17. The van der Waals surface area contributed by atoms with Crippen LogP contribution in [0.15, 0.2) is 12.1 Å². The molecule has 4 nitrogen and oxygen atoms in total. The van der Waals surface area contributed by atoms with Gasteiger partial charge in [-0.3, -0.25) is 0 Å². The molecule has 0 fully saturated rings. The molecule has 0 saturated heterocycles. The van der Waals surface area contributed by atoms with E-state index < -0.39 is 17.2 Å². The van der Waals surface area contributed by atoms with Gasteiger partial charge in [0, 0.05) is 0 Å². The molecule has 0 amide bonds. The first-order chi connectivity index (χ1) is 6.06. The maximum atomic E-state index is 9.10. The van der Waals surface area contributed by atoms with E-state index in [-0.39, 0.29) is 5.05 Å². The first-order valence-electron chi connectivity index (χ1n) is 3.14. The molecule has 1 rings (SSSR count). The van der Waals surface area contributed by atoms with Crippen LogP contribution in [0.5, 0.6) is 17.2 Å². The van der Waals surface area contributed by atoms with Gasteiger partial charge in [-0.25, -0.2) is 0 Å². The van der Waals surface area contributed by atoms with E-state index in [9.17, 15) is 0 Å². The molecule has 0 radical (unpaired) electrons. The first kappa shape index (κ1) is 11.2. The average Bonchev–Trinajstić information content (AvgIpc) is 2.12. The van der Waals surface area contributed by atoms with E-state index in [1.54, 1.807) is 0 Å². The molecular weight excluding hydrogens is 332 g/mol. The minimum atomic E-state index is -0.562. The number of benzene rings is 1. The standard InChI is InChI=1S/C7H6O4S.Eu/c8-4-1-3(7(11)12)2-5(9)6(4)10;/h1-2,8-10H,(H,11,12);/q;+1/p-1. The SMILES string of the molecule is Oc1cc(C(=S)[O][Eu])cc(O)c1O. The van der Waals surface area contributed by atoms with Crippen molar-refractivity contribution < 1.29 is 63.0 Å². The molecule has 0 spiro atoms. The average molecular weight is 337 g/mol. The summed E-state index contributed by atoms with van der Waals surface area (Å²) in [4.78, 5) is 0. The second kappa shape index (κ2) is 4.55. The van der Waals surface area contributed by atoms with Crippen LogP contribution in [0.1, 0.15) is 5.56 Å². The van der Waals surface area contributed by atoms with Gasteiger partial charge in [0.15, 0.2) is 0 Å². The van der Waals surface area contributed by atoms with Crippen molar-refractivity contribution >= 4 is 17.3 Å². The number of hydrogen-bond acceptors (Lipinski definition) is 5. The number of phenols is 3. The van der Waals surface area contributed by atoms with Gasteiger partial charge in [-0.15, -0.1) is 0 Å². The van der Waals surface area contributed by atoms with Crippen LogP contribution in [0.25, 0.3) is 0 Å². The predicted molar refractivity (Wildman–Crippen MR) is 44.2 cm³/mol. The summed E-state index contributed by atoms with van der Waals surface area (Å²) in [7, 11) is 0. The normalized spacial score (nSPS) is 9.62. The van der Waals surface area contributed by atoms with Crippen LogP contribution in [-0.4, -0.2) is 20.4 Å². The van der Waals surface area contributed by atoms with Crippen molar-refractivity contribution in [3.63, 3.8) is 0 Å². The Morgan fingerprint density at radius 3 is 2.08 bits per heavy atom. The van der Waals surface area contributed by atoms with Gasteiger partial charge in [0.2, 0.25) is 0 Å². The summed E-state index contributed by atoms with van der Waals surface area (Å²) in [6, 6.07) is 2.44. The van der Waals surface area contributed by atoms with E-state index in [4.69, 9.17) is 27.5 Å². The Morgan fingerprint density at radius 2 is 1.69 bits per heavy atom. The monoisotopic (exact) mass is 338 g/mol. The summed E-state index contributed by atoms with van der Waals surface area (Å²) in [5.41, 5.74) is 0.352. The Labute approximate surface area is 114 Å². The molecule has 0 aliphatic heterocycles. The topological polar surface area (TPSA) is 69.9 Å². The van der Waals surface area contributed by atoms with Crippen LogP contribution in [0.4, 0.5) is 0 Å². The summed E-state index contributed by atoms with van der Waals surface area (Å²) >= 11 is 5.77. The molecule has 0 saturated carbocycles. The van der Waals surface area contributed by atoms with E-state index in [2.05, 4.69) is 0 Å². The quantitative estimate of drug-likeness (QED) is 0.526. The third-order valence-electron chi connectivity index (χ3n) is 1.38. The zero-order chi connectivity index (χ0) is 10.0. The second-order valence-electron chi connectivity index (χ2n) is 2.23. The van der Waals surface area contributed by atoms with Crippen LogP contribution < -0.4 is 0 Å². The Bertz CT molecular complexity index is 329. The van der Waals surface area contributed by atoms with Crippen molar-refractivity contribution in [2.75, 3.05) is 0 Å². The second-order valence-corrected chi connectivity index (χ2v) is 3.09. The molecule has 1 aromatic carbocycles. The van der Waals surface area contributed by atoms with Crippen molar-refractivity contribution in [1.82, 2.24) is 0 Å². The molecule has 0 aliphatic carbocycles. The van der Waals surface area contributed by atoms with Crippen molar-refractivity contribution in [3.8, 4) is 17.2 Å². The van der Waals surface area contributed by atoms with E-state index in [0.717, 1.165) is 47.7 Å². The van der Waals surface area contributed by atoms with E-state index in [1.165, 1.54) is 12.1 Å². The van der Waals surface area contributed by atoms with E-state index >= 15 is 0 Å². The minimum absolute atomic E-state index is 0.155. The van der Waals surface area contributed by atoms with Gasteiger partial charge in [0.05, 0.1) is 0 Å². The molecule has 0 aromatic heterocycles. The molecule has 3 N–H and O–H groups in total. The molecular formula is C7H5EuO4S. The third-order valence-corrected chi connectivity index (χ3v) is 2.53. The summed E-state index contributed by atoms with van der Waals surface area (Å²) in [5.74, 6) is -1.42. The molecule has 13 heavy (non-hydrogen) atoms. The Hall–Kier alpha value is 0.0944. The number of phenolic OH excluding ortho intramolecular Hbond substituents is 3. The first-order valence-corrected chi connectivity index (χ1v) is 4.54. The maximum absolute atomic E-state index is 9.10. The fraction of sp³-hybridized carbons (Fsp3) is 0. The van der Waals surface area contributed by atoms with Crippen LogP contribution in [0.3, 0.4) is 0 Å². The zero-order valence-corrected chi connectivity index (χ0v) is 9.43. The number of aromatic hydroxyl groups is 3. The fourth-order valence-electron chi connectivity index (χ4n) is 0.767. The van der Waals surface area contributed by atoms with Crippen molar-refractivity contribution in [2.45, 2.75) is 0 Å². The van der Waals surface area contributed by atoms with Crippen LogP contribution in [-0.2, 0) is -0.00603 Å². The van der Waals surface area contributed by atoms with Gasteiger partial charge in [-0.05, 0) is 0 Å². The summed E-state index contributed by atoms with van der Waals surface area (Å²) in [5, 5.41) is 27.4. The van der Waals surface area contributed by atoms with Crippen molar-refractivity contribution in [3.05, 3.63) is 17.7 Å². The summed E-state index contributed by atoms with van der Waals surface area (Å²) in [6.45, 7) is 0. The van der Waals surface area contributed by atoms with Crippen LogP contribution in [0.2, 0.25) is 0 Å². The third kappa shape index (κ3) is 2.52. The Balaban J connectivity index is 3.20. The van der Waals surface area contributed by atoms with Gasteiger partial charge < -0.3 is 0 Å². The van der Waals surface area contributed by atoms with Crippen LogP contribution in [0, 0.1) is 47.7 Å². The number of thiocarbonyl (C=S) groups is 1. The van der Waals surface area contributed by atoms with Gasteiger partial charge in [0.25, 0.3) is 0 Å².